The lowest BCUT2D eigenvalue weighted by molar-refractivity contribution is -0.133. The van der Waals surface area contributed by atoms with Crippen molar-refractivity contribution in [1.29, 1.82) is 0 Å². The van der Waals surface area contributed by atoms with Gasteiger partial charge in [0.1, 0.15) is 36.1 Å². The van der Waals surface area contributed by atoms with Crippen LogP contribution in [0, 0.1) is 11.8 Å². The number of aromatic nitrogens is 4. The van der Waals surface area contributed by atoms with E-state index in [1.54, 1.807) is 28.8 Å². The summed E-state index contributed by atoms with van der Waals surface area (Å²) in [4.78, 5) is 51.4. The van der Waals surface area contributed by atoms with E-state index in [2.05, 4.69) is 58.0 Å². The highest BCUT2D eigenvalue weighted by atomic mass is 32.2. The van der Waals surface area contributed by atoms with Crippen molar-refractivity contribution in [2.24, 2.45) is 15.9 Å². The Bertz CT molecular complexity index is 2010. The summed E-state index contributed by atoms with van der Waals surface area (Å²) in [5, 5.41) is 35.5. The third-order valence-electron chi connectivity index (χ3n) is 9.44. The molecule has 0 saturated carbocycles. The van der Waals surface area contributed by atoms with Crippen LogP contribution >= 0.6 is 0 Å². The Morgan fingerprint density at radius 1 is 1.05 bits per heavy atom. The number of imidazole rings is 1. The molecule has 3 heterocycles. The van der Waals surface area contributed by atoms with Crippen LogP contribution in [0.25, 0.3) is 21.6 Å². The molecule has 1 aliphatic heterocycles. The number of hydrogen-bond donors (Lipinski definition) is 6. The van der Waals surface area contributed by atoms with Crippen LogP contribution < -0.4 is 21.8 Å². The second kappa shape index (κ2) is 29.9. The largest absolute Gasteiger partial charge is 0.449 e. The van der Waals surface area contributed by atoms with E-state index in [-0.39, 0.29) is 24.8 Å². The number of hydrogen-bond acceptors (Lipinski definition) is 17. The maximum Gasteiger partial charge on any atom is 0.294 e. The number of nitrogens with one attached hydrogen (secondary N) is 3. The average molecular weight is 912 g/mol. The first-order valence-electron chi connectivity index (χ1n) is 21.1. The van der Waals surface area contributed by atoms with Gasteiger partial charge in [-0.1, -0.05) is 30.1 Å². The molecule has 6 atom stereocenters. The number of amides is 2. The van der Waals surface area contributed by atoms with Gasteiger partial charge in [0.15, 0.2) is 35.2 Å². The molecule has 22 nitrogen and oxygen atoms in total. The van der Waals surface area contributed by atoms with Gasteiger partial charge >= 0.3 is 0 Å². The summed E-state index contributed by atoms with van der Waals surface area (Å²) in [5.41, 5.74) is 18.8. The van der Waals surface area contributed by atoms with E-state index in [0.29, 0.717) is 130 Å². The Balaban J connectivity index is 1.12. The molecule has 7 N–H and O–H groups in total. The number of nitrogens with two attached hydrogens (primary N) is 1. The highest BCUT2D eigenvalue weighted by molar-refractivity contribution is 7.97. The quantitative estimate of drug-likeness (QED) is 0.00510. The predicted molar refractivity (Wildman–Crippen MR) is 239 cm³/mol. The summed E-state index contributed by atoms with van der Waals surface area (Å²) in [7, 11) is -0.438. The predicted octanol–water partition coefficient (Wildman–Crippen LogP) is 1.54. The minimum atomic E-state index is -1.24. The molecule has 4 rings (SSSR count). The number of rotatable bonds is 31. The van der Waals surface area contributed by atoms with Crippen LogP contribution in [0.15, 0.2) is 47.1 Å². The Morgan fingerprint density at radius 3 is 2.56 bits per heavy atom. The first kappa shape index (κ1) is 51.2. The molecule has 0 radical (unpaired) electrons. The van der Waals surface area contributed by atoms with Gasteiger partial charge in [-0.05, 0) is 48.4 Å². The molecule has 0 aliphatic carbocycles. The lowest BCUT2D eigenvalue weighted by Gasteiger charge is -2.17. The van der Waals surface area contributed by atoms with Crippen LogP contribution in [0.2, 0.25) is 0 Å². The zero-order valence-electron chi connectivity index (χ0n) is 36.0. The van der Waals surface area contributed by atoms with E-state index in [0.717, 1.165) is 6.42 Å². The lowest BCUT2D eigenvalue weighted by atomic mass is 10.1. The zero-order chi connectivity index (χ0) is 45.8. The summed E-state index contributed by atoms with van der Waals surface area (Å²) in [6, 6.07) is 6.77. The zero-order valence-corrected chi connectivity index (χ0v) is 36.8. The Labute approximate surface area is 374 Å². The molecular weight excluding hydrogens is 853 g/mol. The highest BCUT2D eigenvalue weighted by Crippen LogP contribution is 2.33. The van der Waals surface area contributed by atoms with E-state index in [4.69, 9.17) is 34.9 Å². The summed E-state index contributed by atoms with van der Waals surface area (Å²) < 4.78 is 28.8. The second-order valence-corrected chi connectivity index (χ2v) is 16.5. The molecule has 1 saturated heterocycles. The van der Waals surface area contributed by atoms with Crippen LogP contribution in [0.3, 0.4) is 0 Å². The molecule has 3 unspecified atom stereocenters. The molecule has 1 aromatic carbocycles. The monoisotopic (exact) mass is 911 g/mol. The highest BCUT2D eigenvalue weighted by Gasteiger charge is 2.47. The van der Waals surface area contributed by atoms with Gasteiger partial charge in [-0.15, -0.1) is 0 Å². The first-order chi connectivity index (χ1) is 31.2. The van der Waals surface area contributed by atoms with E-state index in [1.165, 1.54) is 18.9 Å². The Morgan fingerprint density at radius 2 is 1.81 bits per heavy atom. The molecule has 0 bridgehead atoms. The fourth-order valence-corrected chi connectivity index (χ4v) is 8.14. The minimum Gasteiger partial charge on any atom is -0.449 e. The Hall–Kier alpha value is -5.41. The number of carbonyl (C=O) groups excluding carboxylic acids is 3. The van der Waals surface area contributed by atoms with Crippen LogP contribution in [0.4, 0.5) is 5.82 Å². The van der Waals surface area contributed by atoms with Gasteiger partial charge in [0, 0.05) is 60.3 Å². The number of fused-ring (bicyclic) bond motifs is 1. The molecule has 23 heteroatoms. The number of carbonyl (C=O) groups is 3. The molecular formula is C41H59N12O10S+. The fraction of sp³-hybridized carbons (Fsp3) is 0.585. The van der Waals surface area contributed by atoms with Gasteiger partial charge in [-0.2, -0.15) is 5.10 Å². The van der Waals surface area contributed by atoms with Crippen molar-refractivity contribution < 1.29 is 48.3 Å². The van der Waals surface area contributed by atoms with Gasteiger partial charge in [0.05, 0.1) is 52.2 Å². The number of nitrogens with zero attached hydrogens (tertiary/aromatic N) is 8. The van der Waals surface area contributed by atoms with Gasteiger partial charge in [-0.3, -0.25) is 24.7 Å². The number of benzene rings is 1. The summed E-state index contributed by atoms with van der Waals surface area (Å²) in [6.45, 7) is 5.89. The van der Waals surface area contributed by atoms with Crippen molar-refractivity contribution in [2.45, 2.75) is 76.2 Å². The van der Waals surface area contributed by atoms with E-state index in [1.807, 2.05) is 6.92 Å². The number of azide groups is 1. The van der Waals surface area contributed by atoms with Crippen LogP contribution in [-0.4, -0.2) is 155 Å². The third kappa shape index (κ3) is 18.0. The van der Waals surface area contributed by atoms with Gasteiger partial charge < -0.3 is 44.5 Å². The molecule has 64 heavy (non-hydrogen) atoms. The maximum atomic E-state index is 12.5. The standard InChI is InChI=1S/C41H58N12O10S/c1-2-14-44-38-35-39(47-27-46-38)53(28-48-35)41-37(57)36(56)32(63-41)26-64(24-13-33(42)62-29-54)23-7-5-3-4-6-8-34(55)51-50-25-30-9-11-31(12-10-30)40(58)45-15-17-59-19-21-61-22-20-60-18-16-49-52-43/h9-12,25,27-29,32-33,36-37,41,56-57H,2-4,6,8,13-24,26,42H2,1H3,(H2-,44,45,46,47,51,55,58)/p+1/t32-,33?,36?,37+,41-,64?/m1/s1. The maximum absolute atomic E-state index is 12.5. The molecule has 348 valence electrons. The lowest BCUT2D eigenvalue weighted by Crippen LogP contribution is -2.37. The minimum absolute atomic E-state index is 0.238. The third-order valence-corrected chi connectivity index (χ3v) is 11.6. The smallest absolute Gasteiger partial charge is 0.294 e. The van der Waals surface area contributed by atoms with Crippen molar-refractivity contribution in [2.75, 3.05) is 81.9 Å². The van der Waals surface area contributed by atoms with E-state index < -0.39 is 41.7 Å². The van der Waals surface area contributed by atoms with Gasteiger partial charge in [0.25, 0.3) is 12.4 Å². The topological polar surface area (TPSA) is 305 Å². The van der Waals surface area contributed by atoms with Crippen LogP contribution in [0.5, 0.6) is 0 Å². The van der Waals surface area contributed by atoms with Crippen LogP contribution in [0.1, 0.15) is 67.6 Å². The van der Waals surface area contributed by atoms with Gasteiger partial charge in [0.2, 0.25) is 5.91 Å². The number of hydrazone groups is 1. The van der Waals surface area contributed by atoms with Crippen molar-refractivity contribution in [3.8, 4) is 11.8 Å². The molecule has 2 amide bonds. The number of ether oxygens (including phenoxy) is 5. The summed E-state index contributed by atoms with van der Waals surface area (Å²) in [6.07, 6.45) is 2.97. The number of aliphatic hydroxyl groups is 2. The van der Waals surface area contributed by atoms with Crippen molar-refractivity contribution in [1.82, 2.24) is 30.3 Å². The fourth-order valence-electron chi connectivity index (χ4n) is 6.10. The van der Waals surface area contributed by atoms with Crippen molar-refractivity contribution in [3.63, 3.8) is 0 Å². The van der Waals surface area contributed by atoms with Crippen molar-refractivity contribution in [3.05, 3.63) is 58.5 Å². The molecule has 3 aromatic rings. The normalized spacial score (nSPS) is 17.9. The number of anilines is 1. The molecule has 0 spiro atoms. The molecule has 2 aromatic heterocycles. The Kier molecular flexibility index (Phi) is 23.9. The summed E-state index contributed by atoms with van der Waals surface area (Å²) in [5.74, 6) is 7.89. The van der Waals surface area contributed by atoms with Crippen LogP contribution in [-0.2, 0) is 44.2 Å². The van der Waals surface area contributed by atoms with Gasteiger partial charge in [-0.25, -0.2) is 20.4 Å². The van der Waals surface area contributed by atoms with Crippen molar-refractivity contribution >= 4 is 52.4 Å². The SMILES string of the molecule is CCCNc1ncnc2c1ncn2[C@@H]1O[C@H](C[S+](CC#CCCCCC(=O)N/N=C\c2ccc(C(=O)NCCOCCOCCOCCN=[N+]=[N-])cc2)CCC(N)OC=O)C(O)[C@@H]1O. The first-order valence-corrected chi connectivity index (χ1v) is 22.8. The van der Waals surface area contributed by atoms with E-state index in [9.17, 15) is 24.6 Å². The second-order valence-electron chi connectivity index (χ2n) is 14.2. The number of aliphatic hydroxyl groups excluding tert-OH is 2. The number of unbranched alkanes of at least 4 members (excludes halogenated alkanes) is 2. The molecule has 1 aliphatic rings. The summed E-state index contributed by atoms with van der Waals surface area (Å²) >= 11 is 0. The average Bonchev–Trinajstić information content (AvgIpc) is 3.85. The van der Waals surface area contributed by atoms with E-state index >= 15 is 0 Å². The molecule has 1 fully saturated rings.